The van der Waals surface area contributed by atoms with Crippen molar-refractivity contribution in [3.8, 4) is 5.75 Å². The lowest BCUT2D eigenvalue weighted by atomic mass is 10.0. The zero-order chi connectivity index (χ0) is 21.1. The second-order valence-corrected chi connectivity index (χ2v) is 7.89. The summed E-state index contributed by atoms with van der Waals surface area (Å²) < 4.78 is 5.34. The molecule has 3 aromatic rings. The lowest BCUT2D eigenvalue weighted by Crippen LogP contribution is -2.47. The molecular formula is C24H27N3O3. The van der Waals surface area contributed by atoms with E-state index in [1.165, 1.54) is 0 Å². The number of H-pyrrole nitrogens is 1. The molecule has 6 heteroatoms. The van der Waals surface area contributed by atoms with E-state index < -0.39 is 0 Å². The first kappa shape index (κ1) is 20.0. The molecule has 0 aliphatic carbocycles. The molecular weight excluding hydrogens is 378 g/mol. The van der Waals surface area contributed by atoms with Gasteiger partial charge < -0.3 is 19.9 Å². The number of para-hydroxylation sites is 1. The summed E-state index contributed by atoms with van der Waals surface area (Å²) in [4.78, 5) is 30.4. The van der Waals surface area contributed by atoms with Gasteiger partial charge in [0.05, 0.1) is 13.5 Å². The number of carbonyl (C=O) groups is 2. The summed E-state index contributed by atoms with van der Waals surface area (Å²) in [6, 6.07) is 15.7. The molecule has 1 aliphatic rings. The topological polar surface area (TPSA) is 74.4 Å². The maximum Gasteiger partial charge on any atom is 0.267 e. The molecule has 1 aliphatic heterocycles. The standard InChI is InChI=1S/C24H27N3O3/c1-16-7-8-17-14-21(26-20(17)13-16)24(29)25-19-9-11-27(12-10-19)23(28)15-18-5-3-4-6-22(18)30-2/h3-8,13-14,19,26H,9-12,15H2,1-2H3,(H,25,29). The number of likely N-dealkylation sites (tertiary alicyclic amines) is 1. The first-order valence-electron chi connectivity index (χ1n) is 10.3. The van der Waals surface area contributed by atoms with Crippen LogP contribution < -0.4 is 10.1 Å². The number of fused-ring (bicyclic) bond motifs is 1. The van der Waals surface area contributed by atoms with Crippen LogP contribution in [0.4, 0.5) is 0 Å². The van der Waals surface area contributed by atoms with Crippen LogP contribution in [0.25, 0.3) is 10.9 Å². The van der Waals surface area contributed by atoms with E-state index in [1.54, 1.807) is 7.11 Å². The van der Waals surface area contributed by atoms with E-state index in [0.717, 1.165) is 40.6 Å². The Labute approximate surface area is 176 Å². The van der Waals surface area contributed by atoms with Crippen LogP contribution in [0.15, 0.2) is 48.5 Å². The maximum atomic E-state index is 12.7. The molecule has 30 heavy (non-hydrogen) atoms. The summed E-state index contributed by atoms with van der Waals surface area (Å²) in [5.74, 6) is 0.736. The van der Waals surface area contributed by atoms with Crippen molar-refractivity contribution in [1.82, 2.24) is 15.2 Å². The van der Waals surface area contributed by atoms with Gasteiger partial charge in [0, 0.05) is 35.6 Å². The quantitative estimate of drug-likeness (QED) is 0.683. The Balaban J connectivity index is 1.31. The lowest BCUT2D eigenvalue weighted by Gasteiger charge is -2.32. The summed E-state index contributed by atoms with van der Waals surface area (Å²) in [7, 11) is 1.62. The molecule has 156 valence electrons. The first-order chi connectivity index (χ1) is 14.5. The molecule has 0 spiro atoms. The Morgan fingerprint density at radius 3 is 2.67 bits per heavy atom. The van der Waals surface area contributed by atoms with Crippen molar-refractivity contribution < 1.29 is 14.3 Å². The minimum atomic E-state index is -0.0948. The molecule has 0 radical (unpaired) electrons. The van der Waals surface area contributed by atoms with Gasteiger partial charge in [-0.1, -0.05) is 30.3 Å². The highest BCUT2D eigenvalue weighted by molar-refractivity contribution is 5.98. The van der Waals surface area contributed by atoms with Gasteiger partial charge in [0.15, 0.2) is 0 Å². The number of aromatic nitrogens is 1. The maximum absolute atomic E-state index is 12.7. The van der Waals surface area contributed by atoms with Gasteiger partial charge in [-0.05, 0) is 43.5 Å². The minimum Gasteiger partial charge on any atom is -0.496 e. The lowest BCUT2D eigenvalue weighted by molar-refractivity contribution is -0.131. The van der Waals surface area contributed by atoms with Crippen LogP contribution in [0.1, 0.15) is 34.5 Å². The van der Waals surface area contributed by atoms with Gasteiger partial charge in [0.1, 0.15) is 11.4 Å². The van der Waals surface area contributed by atoms with Crippen LogP contribution in [-0.4, -0.2) is 47.9 Å². The predicted molar refractivity (Wildman–Crippen MR) is 117 cm³/mol. The van der Waals surface area contributed by atoms with E-state index >= 15 is 0 Å². The minimum absolute atomic E-state index is 0.0703. The largest absolute Gasteiger partial charge is 0.496 e. The van der Waals surface area contributed by atoms with Crippen LogP contribution in [0, 0.1) is 6.92 Å². The highest BCUT2D eigenvalue weighted by atomic mass is 16.5. The number of nitrogens with one attached hydrogen (secondary N) is 2. The van der Waals surface area contributed by atoms with Crippen LogP contribution in [0.3, 0.4) is 0 Å². The fraction of sp³-hybridized carbons (Fsp3) is 0.333. The molecule has 1 aromatic heterocycles. The summed E-state index contributed by atoms with van der Waals surface area (Å²) in [6.07, 6.45) is 1.83. The van der Waals surface area contributed by atoms with Crippen LogP contribution in [0.5, 0.6) is 5.75 Å². The number of benzene rings is 2. The van der Waals surface area contributed by atoms with Crippen molar-refractivity contribution in [3.05, 3.63) is 65.4 Å². The molecule has 1 saturated heterocycles. The van der Waals surface area contributed by atoms with Crippen LogP contribution in [-0.2, 0) is 11.2 Å². The van der Waals surface area contributed by atoms with E-state index in [4.69, 9.17) is 4.74 Å². The zero-order valence-corrected chi connectivity index (χ0v) is 17.4. The molecule has 0 saturated carbocycles. The van der Waals surface area contributed by atoms with Crippen molar-refractivity contribution in [3.63, 3.8) is 0 Å². The number of carbonyl (C=O) groups excluding carboxylic acids is 2. The van der Waals surface area contributed by atoms with E-state index in [0.29, 0.717) is 25.2 Å². The smallest absolute Gasteiger partial charge is 0.267 e. The summed E-state index contributed by atoms with van der Waals surface area (Å²) in [5.41, 5.74) is 3.60. The van der Waals surface area contributed by atoms with Crippen molar-refractivity contribution in [2.75, 3.05) is 20.2 Å². The number of methoxy groups -OCH3 is 1. The van der Waals surface area contributed by atoms with Gasteiger partial charge >= 0.3 is 0 Å². The van der Waals surface area contributed by atoms with Gasteiger partial charge in [-0.15, -0.1) is 0 Å². The number of ether oxygens (including phenoxy) is 1. The molecule has 0 bridgehead atoms. The number of amides is 2. The summed E-state index contributed by atoms with van der Waals surface area (Å²) in [6.45, 7) is 3.32. The van der Waals surface area contributed by atoms with Gasteiger partial charge in [-0.3, -0.25) is 9.59 Å². The molecule has 6 nitrogen and oxygen atoms in total. The number of piperidine rings is 1. The fourth-order valence-electron chi connectivity index (χ4n) is 4.02. The molecule has 2 amide bonds. The normalized spacial score (nSPS) is 14.7. The molecule has 1 fully saturated rings. The molecule has 4 rings (SSSR count). The van der Waals surface area contributed by atoms with Crippen molar-refractivity contribution in [2.45, 2.75) is 32.2 Å². The number of aryl methyl sites for hydroxylation is 1. The molecule has 2 aromatic carbocycles. The van der Waals surface area contributed by atoms with E-state index in [-0.39, 0.29) is 17.9 Å². The number of hydrogen-bond donors (Lipinski definition) is 2. The molecule has 2 heterocycles. The van der Waals surface area contributed by atoms with E-state index in [9.17, 15) is 9.59 Å². The monoisotopic (exact) mass is 405 g/mol. The van der Waals surface area contributed by atoms with Crippen molar-refractivity contribution in [2.24, 2.45) is 0 Å². The van der Waals surface area contributed by atoms with Crippen molar-refractivity contribution >= 4 is 22.7 Å². The number of aromatic amines is 1. The Kier molecular flexibility index (Phi) is 5.74. The van der Waals surface area contributed by atoms with Gasteiger partial charge in [-0.25, -0.2) is 0 Å². The van der Waals surface area contributed by atoms with E-state index in [1.807, 2.05) is 60.4 Å². The fourth-order valence-corrected chi connectivity index (χ4v) is 4.02. The second kappa shape index (κ2) is 8.61. The summed E-state index contributed by atoms with van der Waals surface area (Å²) in [5, 5.41) is 4.14. The average molecular weight is 405 g/mol. The third-order valence-corrected chi connectivity index (χ3v) is 5.74. The third kappa shape index (κ3) is 4.32. The molecule has 0 atom stereocenters. The van der Waals surface area contributed by atoms with Gasteiger partial charge in [-0.2, -0.15) is 0 Å². The highest BCUT2D eigenvalue weighted by Gasteiger charge is 2.25. The van der Waals surface area contributed by atoms with E-state index in [2.05, 4.69) is 10.3 Å². The van der Waals surface area contributed by atoms with Gasteiger partial charge in [0.2, 0.25) is 5.91 Å². The predicted octanol–water partition coefficient (Wildman–Crippen LogP) is 3.45. The number of hydrogen-bond acceptors (Lipinski definition) is 3. The van der Waals surface area contributed by atoms with Crippen molar-refractivity contribution in [1.29, 1.82) is 0 Å². The SMILES string of the molecule is COc1ccccc1CC(=O)N1CCC(NC(=O)c2cc3ccc(C)cc3[nH]2)CC1. The second-order valence-electron chi connectivity index (χ2n) is 7.89. The Bertz CT molecular complexity index is 1060. The number of rotatable bonds is 5. The van der Waals surface area contributed by atoms with Crippen LogP contribution >= 0.6 is 0 Å². The van der Waals surface area contributed by atoms with Crippen LogP contribution in [0.2, 0.25) is 0 Å². The Hall–Kier alpha value is -3.28. The zero-order valence-electron chi connectivity index (χ0n) is 17.4. The molecule has 0 unspecified atom stereocenters. The Morgan fingerprint density at radius 1 is 1.13 bits per heavy atom. The third-order valence-electron chi connectivity index (χ3n) is 5.74. The highest BCUT2D eigenvalue weighted by Crippen LogP contribution is 2.21. The number of nitrogens with zero attached hydrogens (tertiary/aromatic N) is 1. The first-order valence-corrected chi connectivity index (χ1v) is 10.3. The summed E-state index contributed by atoms with van der Waals surface area (Å²) >= 11 is 0. The Morgan fingerprint density at radius 2 is 1.90 bits per heavy atom. The van der Waals surface area contributed by atoms with Gasteiger partial charge in [0.25, 0.3) is 5.91 Å². The average Bonchev–Trinajstić information content (AvgIpc) is 3.18. The molecule has 2 N–H and O–H groups in total.